The van der Waals surface area contributed by atoms with Gasteiger partial charge < -0.3 is 4.74 Å². The number of aromatic nitrogens is 1. The number of hydrogen-bond acceptors (Lipinski definition) is 4. The van der Waals surface area contributed by atoms with Gasteiger partial charge in [-0.1, -0.05) is 15.9 Å². The molecule has 130 valence electrons. The van der Waals surface area contributed by atoms with Crippen molar-refractivity contribution >= 4 is 26.0 Å². The molecule has 2 aromatic rings. The van der Waals surface area contributed by atoms with E-state index in [4.69, 9.17) is 0 Å². The maximum Gasteiger partial charge on any atom is 0.573 e. The first-order valence-corrected chi connectivity index (χ1v) is 8.89. The van der Waals surface area contributed by atoms with Crippen LogP contribution in [0.15, 0.2) is 52.1 Å². The Hall–Kier alpha value is -1.65. The molecule has 0 bridgehead atoms. The summed E-state index contributed by atoms with van der Waals surface area (Å²) < 4.78 is 68.2. The van der Waals surface area contributed by atoms with E-state index in [2.05, 4.69) is 30.4 Å². The molecule has 0 saturated carbocycles. The SMILES string of the molecule is O=S(=O)(NCCc1ccncc1)c1ccc(Br)cc1OC(F)(F)F. The molecule has 0 aliphatic carbocycles. The van der Waals surface area contributed by atoms with Gasteiger partial charge in [-0.2, -0.15) is 0 Å². The van der Waals surface area contributed by atoms with E-state index in [0.717, 1.165) is 17.7 Å². The third-order valence-electron chi connectivity index (χ3n) is 2.88. The smallest absolute Gasteiger partial charge is 0.404 e. The van der Waals surface area contributed by atoms with Gasteiger partial charge in [0.15, 0.2) is 5.75 Å². The Bertz CT molecular complexity index is 799. The molecule has 1 aromatic carbocycles. The van der Waals surface area contributed by atoms with Crippen molar-refractivity contribution in [3.8, 4) is 5.75 Å². The van der Waals surface area contributed by atoms with Gasteiger partial charge in [0.1, 0.15) is 4.90 Å². The molecule has 2 rings (SSSR count). The molecule has 0 fully saturated rings. The summed E-state index contributed by atoms with van der Waals surface area (Å²) >= 11 is 2.99. The quantitative estimate of drug-likeness (QED) is 0.772. The lowest BCUT2D eigenvalue weighted by Crippen LogP contribution is -2.27. The fourth-order valence-corrected chi connectivity index (χ4v) is 3.34. The van der Waals surface area contributed by atoms with Crippen molar-refractivity contribution in [3.63, 3.8) is 0 Å². The fraction of sp³-hybridized carbons (Fsp3) is 0.214. The molecule has 0 aliphatic rings. The van der Waals surface area contributed by atoms with Gasteiger partial charge in [0.25, 0.3) is 0 Å². The maximum atomic E-state index is 12.5. The van der Waals surface area contributed by atoms with Crippen molar-refractivity contribution in [2.24, 2.45) is 0 Å². The van der Waals surface area contributed by atoms with E-state index in [1.807, 2.05) is 0 Å². The second-order valence-corrected chi connectivity index (χ2v) is 7.29. The standard InChI is InChI=1S/C14H12BrF3N2O3S/c15-11-1-2-13(12(9-11)23-14(16,17)18)24(21,22)20-8-5-10-3-6-19-7-4-10/h1-4,6-7,9,20H,5,8H2. The van der Waals surface area contributed by atoms with Crippen LogP contribution in [-0.2, 0) is 16.4 Å². The van der Waals surface area contributed by atoms with Crippen molar-refractivity contribution in [2.75, 3.05) is 6.54 Å². The number of benzene rings is 1. The lowest BCUT2D eigenvalue weighted by molar-refractivity contribution is -0.275. The molecule has 5 nitrogen and oxygen atoms in total. The number of hydrogen-bond donors (Lipinski definition) is 1. The van der Waals surface area contributed by atoms with Crippen molar-refractivity contribution in [1.29, 1.82) is 0 Å². The van der Waals surface area contributed by atoms with Gasteiger partial charge >= 0.3 is 6.36 Å². The maximum absolute atomic E-state index is 12.5. The van der Waals surface area contributed by atoms with E-state index >= 15 is 0 Å². The lowest BCUT2D eigenvalue weighted by atomic mass is 10.2. The number of nitrogens with zero attached hydrogens (tertiary/aromatic N) is 1. The number of rotatable bonds is 6. The average molecular weight is 425 g/mol. The van der Waals surface area contributed by atoms with Crippen LogP contribution >= 0.6 is 15.9 Å². The molecule has 0 atom stereocenters. The summed E-state index contributed by atoms with van der Waals surface area (Å²) in [6.45, 7) is 0.0217. The van der Waals surface area contributed by atoms with Gasteiger partial charge in [0.05, 0.1) is 0 Å². The summed E-state index contributed by atoms with van der Waals surface area (Å²) in [5.41, 5.74) is 0.843. The predicted molar refractivity (Wildman–Crippen MR) is 84.0 cm³/mol. The highest BCUT2D eigenvalue weighted by molar-refractivity contribution is 9.10. The zero-order valence-electron chi connectivity index (χ0n) is 12.0. The first-order valence-electron chi connectivity index (χ1n) is 6.61. The molecule has 10 heteroatoms. The number of nitrogens with one attached hydrogen (secondary N) is 1. The molecule has 0 radical (unpaired) electrons. The summed E-state index contributed by atoms with van der Waals surface area (Å²) in [5, 5.41) is 0. The average Bonchev–Trinajstić information content (AvgIpc) is 2.46. The van der Waals surface area contributed by atoms with Crippen LogP contribution in [-0.4, -0.2) is 26.3 Å². The second kappa shape index (κ2) is 7.49. The second-order valence-electron chi connectivity index (χ2n) is 4.64. The van der Waals surface area contributed by atoms with E-state index in [1.165, 1.54) is 6.07 Å². The summed E-state index contributed by atoms with van der Waals surface area (Å²) in [5.74, 6) is -0.798. The van der Waals surface area contributed by atoms with Crippen molar-refractivity contribution in [2.45, 2.75) is 17.7 Å². The molecule has 24 heavy (non-hydrogen) atoms. The van der Waals surface area contributed by atoms with Crippen molar-refractivity contribution in [1.82, 2.24) is 9.71 Å². The number of sulfonamides is 1. The van der Waals surface area contributed by atoms with Gasteiger partial charge in [-0.05, 0) is 42.3 Å². The van der Waals surface area contributed by atoms with E-state index in [1.54, 1.807) is 24.5 Å². The molecule has 1 heterocycles. The third kappa shape index (κ3) is 5.46. The first kappa shape index (κ1) is 18.7. The Morgan fingerprint density at radius 3 is 2.46 bits per heavy atom. The van der Waals surface area contributed by atoms with Crippen LogP contribution < -0.4 is 9.46 Å². The summed E-state index contributed by atoms with van der Waals surface area (Å²) in [6.07, 6.45) is -1.50. The Morgan fingerprint density at radius 1 is 1.17 bits per heavy atom. The Kier molecular flexibility index (Phi) is 5.83. The predicted octanol–water partition coefficient (Wildman–Crippen LogP) is 3.26. The minimum Gasteiger partial charge on any atom is -0.404 e. The first-order chi connectivity index (χ1) is 11.2. The summed E-state index contributed by atoms with van der Waals surface area (Å²) in [7, 11) is -4.16. The molecular formula is C14H12BrF3N2O3S. The van der Waals surface area contributed by atoms with Gasteiger partial charge in [0.2, 0.25) is 10.0 Å². The molecule has 0 aliphatic heterocycles. The minimum atomic E-state index is -5.00. The minimum absolute atomic E-state index is 0.0217. The topological polar surface area (TPSA) is 68.3 Å². The third-order valence-corrected chi connectivity index (χ3v) is 4.87. The summed E-state index contributed by atoms with van der Waals surface area (Å²) in [4.78, 5) is 3.25. The van der Waals surface area contributed by atoms with E-state index in [9.17, 15) is 21.6 Å². The van der Waals surface area contributed by atoms with E-state index in [-0.39, 0.29) is 11.0 Å². The number of ether oxygens (including phenoxy) is 1. The monoisotopic (exact) mass is 424 g/mol. The zero-order chi connectivity index (χ0) is 17.8. The molecule has 0 unspecified atom stereocenters. The largest absolute Gasteiger partial charge is 0.573 e. The van der Waals surface area contributed by atoms with Crippen LogP contribution in [0.2, 0.25) is 0 Å². The Balaban J connectivity index is 2.16. The van der Waals surface area contributed by atoms with Gasteiger partial charge in [-0.15, -0.1) is 13.2 Å². The Labute approximate surface area is 145 Å². The van der Waals surface area contributed by atoms with Crippen LogP contribution in [0.25, 0.3) is 0 Å². The van der Waals surface area contributed by atoms with Crippen LogP contribution in [0.1, 0.15) is 5.56 Å². The van der Waals surface area contributed by atoms with Gasteiger partial charge in [-0.25, -0.2) is 13.1 Å². The van der Waals surface area contributed by atoms with Crippen LogP contribution in [0.3, 0.4) is 0 Å². The van der Waals surface area contributed by atoms with Crippen molar-refractivity contribution in [3.05, 3.63) is 52.8 Å². The number of alkyl halides is 3. The lowest BCUT2D eigenvalue weighted by Gasteiger charge is -2.14. The fourth-order valence-electron chi connectivity index (χ4n) is 1.87. The highest BCUT2D eigenvalue weighted by atomic mass is 79.9. The highest BCUT2D eigenvalue weighted by Crippen LogP contribution is 2.32. The normalized spacial score (nSPS) is 12.2. The van der Waals surface area contributed by atoms with Crippen LogP contribution in [0.5, 0.6) is 5.75 Å². The van der Waals surface area contributed by atoms with Gasteiger partial charge in [-0.3, -0.25) is 4.98 Å². The number of pyridine rings is 1. The van der Waals surface area contributed by atoms with Crippen molar-refractivity contribution < 1.29 is 26.3 Å². The molecule has 0 spiro atoms. The van der Waals surface area contributed by atoms with Crippen LogP contribution in [0.4, 0.5) is 13.2 Å². The van der Waals surface area contributed by atoms with E-state index in [0.29, 0.717) is 6.42 Å². The molecule has 1 aromatic heterocycles. The number of halogens is 4. The molecule has 0 amide bonds. The molecule has 0 saturated heterocycles. The van der Waals surface area contributed by atoms with Crippen LogP contribution in [0, 0.1) is 0 Å². The van der Waals surface area contributed by atoms with E-state index < -0.39 is 27.0 Å². The summed E-state index contributed by atoms with van der Waals surface area (Å²) in [6, 6.07) is 6.74. The Morgan fingerprint density at radius 2 is 1.83 bits per heavy atom. The molecule has 1 N–H and O–H groups in total. The zero-order valence-corrected chi connectivity index (χ0v) is 14.5. The highest BCUT2D eigenvalue weighted by Gasteiger charge is 2.34. The molecular weight excluding hydrogens is 413 g/mol. The van der Waals surface area contributed by atoms with Gasteiger partial charge in [0, 0.05) is 23.4 Å².